The Bertz CT molecular complexity index is 1080. The molecule has 4 rings (SSSR count). The van der Waals surface area contributed by atoms with Crippen LogP contribution in [0.2, 0.25) is 0 Å². The molecule has 0 atom stereocenters. The van der Waals surface area contributed by atoms with Crippen LogP contribution in [0.15, 0.2) is 58.1 Å². The lowest BCUT2D eigenvalue weighted by atomic mass is 10.1. The average Bonchev–Trinajstić information content (AvgIpc) is 3.40. The number of rotatable bonds is 5. The van der Waals surface area contributed by atoms with Gasteiger partial charge in [-0.15, -0.1) is 11.3 Å². The van der Waals surface area contributed by atoms with Gasteiger partial charge in [0.15, 0.2) is 0 Å². The van der Waals surface area contributed by atoms with Crippen molar-refractivity contribution in [2.45, 2.75) is 18.9 Å². The van der Waals surface area contributed by atoms with E-state index in [-0.39, 0.29) is 11.3 Å². The molecule has 3 aromatic rings. The predicted molar refractivity (Wildman–Crippen MR) is 104 cm³/mol. The van der Waals surface area contributed by atoms with E-state index in [1.54, 1.807) is 29.2 Å². The van der Waals surface area contributed by atoms with E-state index >= 15 is 0 Å². The van der Waals surface area contributed by atoms with Gasteiger partial charge in [-0.05, 0) is 43.2 Å². The Morgan fingerprint density at radius 2 is 2.19 bits per heavy atom. The van der Waals surface area contributed by atoms with E-state index in [0.29, 0.717) is 11.6 Å². The van der Waals surface area contributed by atoms with Crippen LogP contribution in [0.4, 0.5) is 0 Å². The second kappa shape index (κ2) is 7.16. The van der Waals surface area contributed by atoms with E-state index < -0.39 is 5.91 Å². The van der Waals surface area contributed by atoms with Crippen molar-refractivity contribution in [3.63, 3.8) is 0 Å². The minimum Gasteiger partial charge on any atom is -0.507 e. The number of pyridine rings is 1. The third-order valence-electron chi connectivity index (χ3n) is 4.08. The second-order valence-corrected chi connectivity index (χ2v) is 7.01. The highest BCUT2D eigenvalue weighted by Gasteiger charge is 2.21. The lowest BCUT2D eigenvalue weighted by molar-refractivity contribution is 0.0998. The molecule has 1 saturated carbocycles. The summed E-state index contributed by atoms with van der Waals surface area (Å²) in [7, 11) is 0. The molecule has 2 aromatic heterocycles. The van der Waals surface area contributed by atoms with Crippen LogP contribution < -0.4 is 10.5 Å². The van der Waals surface area contributed by atoms with Crippen LogP contribution in [0.5, 0.6) is 5.75 Å². The Balaban J connectivity index is 1.82. The van der Waals surface area contributed by atoms with Crippen LogP contribution in [-0.2, 0) is 0 Å². The summed E-state index contributed by atoms with van der Waals surface area (Å²) in [6.07, 6.45) is 5.54. The molecule has 1 fully saturated rings. The number of aromatic hydroxyl groups is 1. The lowest BCUT2D eigenvalue weighted by Crippen LogP contribution is -2.14. The minimum atomic E-state index is -0.684. The third-order valence-corrected chi connectivity index (χ3v) is 4.91. The van der Waals surface area contributed by atoms with Gasteiger partial charge in [-0.1, -0.05) is 6.07 Å². The first-order valence-electron chi connectivity index (χ1n) is 8.45. The van der Waals surface area contributed by atoms with Crippen LogP contribution in [0.25, 0.3) is 11.3 Å². The fraction of sp³-hybridized carbons (Fsp3) is 0.158. The Kier molecular flexibility index (Phi) is 4.55. The molecule has 27 heavy (non-hydrogen) atoms. The number of amides is 1. The zero-order chi connectivity index (χ0) is 18.8. The maximum atomic E-state index is 11.6. The average molecular weight is 379 g/mol. The van der Waals surface area contributed by atoms with E-state index in [4.69, 9.17) is 10.7 Å². The number of hydrogen-bond donors (Lipinski definition) is 2. The highest BCUT2D eigenvalue weighted by molar-refractivity contribution is 7.07. The first-order chi connectivity index (χ1) is 13.1. The first-order valence-corrected chi connectivity index (χ1v) is 9.33. The molecule has 7 nitrogen and oxygen atoms in total. The summed E-state index contributed by atoms with van der Waals surface area (Å²) in [5.74, 6) is -0.830. The van der Waals surface area contributed by atoms with Crippen molar-refractivity contribution in [1.82, 2.24) is 9.66 Å². The smallest absolute Gasteiger partial charge is 0.252 e. The highest BCUT2D eigenvalue weighted by atomic mass is 32.1. The molecule has 136 valence electrons. The summed E-state index contributed by atoms with van der Waals surface area (Å²) >= 11 is 1.48. The van der Waals surface area contributed by atoms with Gasteiger partial charge in [0.25, 0.3) is 5.91 Å². The molecule has 1 aliphatic carbocycles. The van der Waals surface area contributed by atoms with Gasteiger partial charge in [0.05, 0.1) is 29.2 Å². The molecule has 1 aliphatic rings. The fourth-order valence-electron chi connectivity index (χ4n) is 2.52. The lowest BCUT2D eigenvalue weighted by Gasteiger charge is -2.06. The molecule has 0 saturated heterocycles. The van der Waals surface area contributed by atoms with Crippen molar-refractivity contribution >= 4 is 23.5 Å². The highest BCUT2D eigenvalue weighted by Crippen LogP contribution is 2.27. The number of phenols is 1. The molecule has 1 aromatic carbocycles. The molecule has 3 N–H and O–H groups in total. The van der Waals surface area contributed by atoms with Gasteiger partial charge in [0, 0.05) is 17.1 Å². The Hall–Kier alpha value is -3.26. The van der Waals surface area contributed by atoms with Crippen molar-refractivity contribution in [2.75, 3.05) is 0 Å². The summed E-state index contributed by atoms with van der Waals surface area (Å²) in [5, 5.41) is 16.3. The quantitative estimate of drug-likeness (QED) is 0.665. The number of thiazole rings is 1. The number of nitrogens with zero attached hydrogens (tertiary/aromatic N) is 4. The maximum absolute atomic E-state index is 11.6. The molecular weight excluding hydrogens is 362 g/mol. The Labute approximate surface area is 159 Å². The van der Waals surface area contributed by atoms with Crippen LogP contribution in [-0.4, -0.2) is 32.9 Å². The van der Waals surface area contributed by atoms with Crippen molar-refractivity contribution < 1.29 is 9.90 Å². The topological polar surface area (TPSA) is 106 Å². The zero-order valence-corrected chi connectivity index (χ0v) is 15.1. The molecule has 2 heterocycles. The number of carbonyl (C=O) groups excluding carboxylic acids is 1. The van der Waals surface area contributed by atoms with Crippen LogP contribution in [0.3, 0.4) is 0 Å². The normalized spacial score (nSPS) is 14.7. The number of aromatic nitrogens is 2. The van der Waals surface area contributed by atoms with Crippen molar-refractivity contribution in [2.24, 2.45) is 15.8 Å². The van der Waals surface area contributed by atoms with Gasteiger partial charge in [-0.2, -0.15) is 5.10 Å². The molecule has 0 unspecified atom stereocenters. The minimum absolute atomic E-state index is 0.0691. The van der Waals surface area contributed by atoms with E-state index in [2.05, 4.69) is 10.1 Å². The van der Waals surface area contributed by atoms with Gasteiger partial charge in [0.2, 0.25) is 4.80 Å². The SMILES string of the molecule is NC(=O)c1cc(-c2csc(=NC3CC3)n2/N=C\c2ccccn2)ccc1O. The molecule has 8 heteroatoms. The molecule has 0 radical (unpaired) electrons. The fourth-order valence-corrected chi connectivity index (χ4v) is 3.43. The number of nitrogens with two attached hydrogens (primary N) is 1. The van der Waals surface area contributed by atoms with Crippen molar-refractivity contribution in [1.29, 1.82) is 0 Å². The van der Waals surface area contributed by atoms with Gasteiger partial charge < -0.3 is 10.8 Å². The number of hydrogen-bond acceptors (Lipinski definition) is 6. The van der Waals surface area contributed by atoms with E-state index in [1.807, 2.05) is 23.6 Å². The second-order valence-electron chi connectivity index (χ2n) is 6.17. The molecule has 0 aliphatic heterocycles. The van der Waals surface area contributed by atoms with Gasteiger partial charge in [0.1, 0.15) is 5.75 Å². The first kappa shape index (κ1) is 17.2. The molecule has 1 amide bonds. The standard InChI is InChI=1S/C19H17N5O2S/c20-18(26)15-9-12(4-7-17(15)25)16-11-27-19(23-13-5-6-13)24(16)22-10-14-3-1-2-8-21-14/h1-4,7-11,13,25H,5-6H2,(H2,20,26)/b22-10-,23-19?. The Morgan fingerprint density at radius 1 is 1.33 bits per heavy atom. The van der Waals surface area contributed by atoms with Crippen LogP contribution >= 0.6 is 11.3 Å². The van der Waals surface area contributed by atoms with Gasteiger partial charge >= 0.3 is 0 Å². The Morgan fingerprint density at radius 3 is 2.89 bits per heavy atom. The van der Waals surface area contributed by atoms with Crippen LogP contribution in [0, 0.1) is 0 Å². The molecular formula is C19H17N5O2S. The predicted octanol–water partition coefficient (Wildman–Crippen LogP) is 2.36. The number of carbonyl (C=O) groups is 1. The molecule has 0 bridgehead atoms. The molecule has 0 spiro atoms. The van der Waals surface area contributed by atoms with E-state index in [0.717, 1.165) is 29.0 Å². The van der Waals surface area contributed by atoms with Crippen molar-refractivity contribution in [3.8, 4) is 17.0 Å². The van der Waals surface area contributed by atoms with Crippen molar-refractivity contribution in [3.05, 3.63) is 64.0 Å². The third kappa shape index (κ3) is 3.80. The van der Waals surface area contributed by atoms with Gasteiger partial charge in [-0.25, -0.2) is 4.68 Å². The van der Waals surface area contributed by atoms with E-state index in [1.165, 1.54) is 17.4 Å². The zero-order valence-electron chi connectivity index (χ0n) is 14.3. The summed E-state index contributed by atoms with van der Waals surface area (Å²) in [6.45, 7) is 0. The largest absolute Gasteiger partial charge is 0.507 e. The number of primary amides is 1. The summed E-state index contributed by atoms with van der Waals surface area (Å²) < 4.78 is 1.73. The number of benzene rings is 1. The summed E-state index contributed by atoms with van der Waals surface area (Å²) in [5.41, 5.74) is 7.62. The maximum Gasteiger partial charge on any atom is 0.252 e. The van der Waals surface area contributed by atoms with E-state index in [9.17, 15) is 9.90 Å². The summed E-state index contributed by atoms with van der Waals surface area (Å²) in [6, 6.07) is 10.7. The summed E-state index contributed by atoms with van der Waals surface area (Å²) in [4.78, 5) is 21.3. The monoisotopic (exact) mass is 379 g/mol. The van der Waals surface area contributed by atoms with Gasteiger partial charge in [-0.3, -0.25) is 14.8 Å². The van der Waals surface area contributed by atoms with Crippen LogP contribution in [0.1, 0.15) is 28.9 Å².